The number of ether oxygens (including phenoxy) is 4. The third-order valence-corrected chi connectivity index (χ3v) is 17.6. The maximum absolute atomic E-state index is 13.0. The fourth-order valence-corrected chi connectivity index (χ4v) is 11.5. The molecule has 0 bridgehead atoms. The molecule has 0 fully saturated rings. The Morgan fingerprint density at radius 2 is 0.558 bits per heavy atom. The molecule has 0 saturated heterocycles. The van der Waals surface area contributed by atoms with Crippen LogP contribution in [0.25, 0.3) is 0 Å². The van der Waals surface area contributed by atoms with Gasteiger partial charge < -0.3 is 33.8 Å². The molecule has 0 aromatic rings. The van der Waals surface area contributed by atoms with Gasteiger partial charge in [-0.2, -0.15) is 0 Å². The number of aliphatic hydroxyl groups is 1. The Morgan fingerprint density at radius 3 is 0.826 bits per heavy atom. The number of phosphoric acid groups is 2. The molecular weight excluding hydrogens is 1140 g/mol. The minimum atomic E-state index is -4.95. The number of hydrogen-bond donors (Lipinski definition) is 3. The number of rotatable bonds is 64. The van der Waals surface area contributed by atoms with E-state index in [1.54, 1.807) is 0 Å². The predicted molar refractivity (Wildman–Crippen MR) is 344 cm³/mol. The summed E-state index contributed by atoms with van der Waals surface area (Å²) < 4.78 is 68.1. The van der Waals surface area contributed by atoms with E-state index in [0.717, 1.165) is 120 Å². The van der Waals surface area contributed by atoms with Crippen LogP contribution in [0.5, 0.6) is 0 Å². The average Bonchev–Trinajstić information content (AvgIpc) is 3.62. The van der Waals surface area contributed by atoms with E-state index < -0.39 is 97.5 Å². The van der Waals surface area contributed by atoms with Crippen molar-refractivity contribution in [2.45, 2.75) is 343 Å². The van der Waals surface area contributed by atoms with E-state index in [2.05, 4.69) is 55.4 Å². The van der Waals surface area contributed by atoms with Gasteiger partial charge in [0.1, 0.15) is 19.3 Å². The van der Waals surface area contributed by atoms with Crippen molar-refractivity contribution in [1.29, 1.82) is 0 Å². The molecule has 0 aliphatic rings. The second-order valence-corrected chi connectivity index (χ2v) is 28.8. The van der Waals surface area contributed by atoms with Gasteiger partial charge in [0.25, 0.3) is 0 Å². The van der Waals surface area contributed by atoms with Gasteiger partial charge in [0.05, 0.1) is 26.4 Å². The van der Waals surface area contributed by atoms with Gasteiger partial charge in [-0.1, -0.05) is 274 Å². The van der Waals surface area contributed by atoms with Gasteiger partial charge in [-0.05, 0) is 49.4 Å². The summed E-state index contributed by atoms with van der Waals surface area (Å²) in [5.74, 6) is 0.794. The number of carbonyl (C=O) groups is 4. The molecule has 0 aliphatic heterocycles. The third-order valence-electron chi connectivity index (χ3n) is 15.7. The highest BCUT2D eigenvalue weighted by atomic mass is 31.2. The van der Waals surface area contributed by atoms with Gasteiger partial charge in [-0.15, -0.1) is 0 Å². The van der Waals surface area contributed by atoms with Gasteiger partial charge >= 0.3 is 39.5 Å². The lowest BCUT2D eigenvalue weighted by molar-refractivity contribution is -0.161. The molecule has 4 unspecified atom stereocenters. The fourth-order valence-electron chi connectivity index (χ4n) is 9.93. The Hall–Kier alpha value is -1.94. The molecule has 0 saturated carbocycles. The predicted octanol–water partition coefficient (Wildman–Crippen LogP) is 18.5. The zero-order chi connectivity index (χ0) is 63.9. The largest absolute Gasteiger partial charge is 0.472 e. The van der Waals surface area contributed by atoms with E-state index in [1.807, 2.05) is 0 Å². The van der Waals surface area contributed by atoms with Gasteiger partial charge in [0, 0.05) is 25.7 Å². The van der Waals surface area contributed by atoms with Crippen LogP contribution in [-0.4, -0.2) is 96.7 Å². The van der Waals surface area contributed by atoms with Crippen molar-refractivity contribution >= 4 is 39.5 Å². The lowest BCUT2D eigenvalue weighted by Crippen LogP contribution is -2.30. The number of unbranched alkanes of at least 4 members (excludes halogenated alkanes) is 29. The van der Waals surface area contributed by atoms with Crippen molar-refractivity contribution in [2.75, 3.05) is 39.6 Å². The first-order valence-corrected chi connectivity index (χ1v) is 37.7. The summed E-state index contributed by atoms with van der Waals surface area (Å²) in [5.41, 5.74) is 0. The first-order chi connectivity index (χ1) is 41.1. The smallest absolute Gasteiger partial charge is 0.462 e. The van der Waals surface area contributed by atoms with Crippen LogP contribution in [0.2, 0.25) is 0 Å². The minimum absolute atomic E-state index is 0.103. The summed E-state index contributed by atoms with van der Waals surface area (Å²) in [5, 5.41) is 10.6. The lowest BCUT2D eigenvalue weighted by Gasteiger charge is -2.21. The van der Waals surface area contributed by atoms with Crippen LogP contribution in [0.4, 0.5) is 0 Å². The second-order valence-electron chi connectivity index (χ2n) is 25.9. The van der Waals surface area contributed by atoms with Gasteiger partial charge in [0.15, 0.2) is 12.2 Å². The third kappa shape index (κ3) is 59.7. The zero-order valence-corrected chi connectivity index (χ0v) is 57.7. The molecule has 0 aromatic heterocycles. The summed E-state index contributed by atoms with van der Waals surface area (Å²) in [7, 11) is -9.90. The number of phosphoric ester groups is 2. The first kappa shape index (κ1) is 84.1. The maximum Gasteiger partial charge on any atom is 0.472 e. The Kier molecular flexibility index (Phi) is 55.7. The molecule has 0 amide bonds. The molecule has 0 rings (SSSR count). The molecule has 0 radical (unpaired) electrons. The first-order valence-electron chi connectivity index (χ1n) is 34.7. The molecule has 19 heteroatoms. The topological polar surface area (TPSA) is 237 Å². The van der Waals surface area contributed by atoms with Crippen molar-refractivity contribution in [1.82, 2.24) is 0 Å². The van der Waals surface area contributed by atoms with E-state index in [1.165, 1.54) is 116 Å². The molecule has 6 atom stereocenters. The molecule has 3 N–H and O–H groups in total. The van der Waals surface area contributed by atoms with Crippen molar-refractivity contribution in [3.8, 4) is 0 Å². The van der Waals surface area contributed by atoms with E-state index in [-0.39, 0.29) is 25.7 Å². The number of esters is 4. The Morgan fingerprint density at radius 1 is 0.326 bits per heavy atom. The van der Waals surface area contributed by atoms with Crippen molar-refractivity contribution in [3.63, 3.8) is 0 Å². The van der Waals surface area contributed by atoms with Crippen LogP contribution in [0, 0.1) is 23.7 Å². The summed E-state index contributed by atoms with van der Waals surface area (Å²) in [4.78, 5) is 72.4. The van der Waals surface area contributed by atoms with Gasteiger partial charge in [-0.25, -0.2) is 9.13 Å². The van der Waals surface area contributed by atoms with Gasteiger partial charge in [0.2, 0.25) is 0 Å². The van der Waals surface area contributed by atoms with Crippen LogP contribution < -0.4 is 0 Å². The van der Waals surface area contributed by atoms with E-state index >= 15 is 0 Å². The Labute approximate surface area is 524 Å². The van der Waals surface area contributed by atoms with Crippen LogP contribution >= 0.6 is 15.6 Å². The molecular formula is C67H130O17P2. The molecule has 17 nitrogen and oxygen atoms in total. The Bertz CT molecular complexity index is 1720. The van der Waals surface area contributed by atoms with Crippen LogP contribution in [0.1, 0.15) is 325 Å². The van der Waals surface area contributed by atoms with E-state index in [0.29, 0.717) is 31.6 Å². The van der Waals surface area contributed by atoms with Gasteiger partial charge in [-0.3, -0.25) is 37.3 Å². The molecule has 510 valence electrons. The number of aliphatic hydroxyl groups excluding tert-OH is 1. The van der Waals surface area contributed by atoms with Crippen molar-refractivity contribution in [2.24, 2.45) is 23.7 Å². The highest BCUT2D eigenvalue weighted by Gasteiger charge is 2.30. The fraction of sp³-hybridized carbons (Fsp3) is 0.940. The average molecular weight is 1270 g/mol. The summed E-state index contributed by atoms with van der Waals surface area (Å²) >= 11 is 0. The zero-order valence-electron chi connectivity index (χ0n) is 55.9. The monoisotopic (exact) mass is 1270 g/mol. The Balaban J connectivity index is 5.25. The second kappa shape index (κ2) is 57.0. The van der Waals surface area contributed by atoms with Crippen LogP contribution in [0.3, 0.4) is 0 Å². The van der Waals surface area contributed by atoms with Crippen LogP contribution in [0.15, 0.2) is 0 Å². The maximum atomic E-state index is 13.0. The number of hydrogen-bond acceptors (Lipinski definition) is 15. The lowest BCUT2D eigenvalue weighted by atomic mass is 10.00. The van der Waals surface area contributed by atoms with Crippen molar-refractivity contribution in [3.05, 3.63) is 0 Å². The normalized spacial score (nSPS) is 14.7. The highest BCUT2D eigenvalue weighted by molar-refractivity contribution is 7.47. The highest BCUT2D eigenvalue weighted by Crippen LogP contribution is 2.45. The van der Waals surface area contributed by atoms with E-state index in [9.17, 15) is 43.2 Å². The summed E-state index contributed by atoms with van der Waals surface area (Å²) in [6.45, 7) is 14.0. The van der Waals surface area contributed by atoms with Crippen molar-refractivity contribution < 1.29 is 80.2 Å². The quantitative estimate of drug-likeness (QED) is 0.0222. The minimum Gasteiger partial charge on any atom is -0.462 e. The summed E-state index contributed by atoms with van der Waals surface area (Å²) in [6.07, 6.45) is 37.7. The molecule has 0 aliphatic carbocycles. The molecule has 0 spiro atoms. The molecule has 0 heterocycles. The van der Waals surface area contributed by atoms with Crippen LogP contribution in [-0.2, 0) is 65.4 Å². The number of carbonyl (C=O) groups excluding carboxylic acids is 4. The standard InChI is InChI=1S/C67H130O17P2/c1-9-60(8)46-38-30-25-26-32-40-48-65(70)78-54-63(83-66(71)49-41-33-22-15-13-11-10-12-14-19-27-35-43-57(2)3)56-82-86(75,76)80-52-61(68)51-79-85(73,74)81-55-62(53-77-64(69)47-39-31-24-18-21-29-37-45-59(6)7)84-67(72)50-42-34-23-17-16-20-28-36-44-58(4)5/h57-63,68H,9-56H2,1-8H3,(H,73,74)(H,75,76)/t60?,61?,62-,63-/m1/s1. The SMILES string of the molecule is CCC(C)CCCCCCCCC(=O)OC[C@H](COP(=O)(O)OCC(O)COP(=O)(O)OC[C@@H](COC(=O)CCCCCCCCCC(C)C)OC(=O)CCCCCCCCCCC(C)C)OC(=O)CCCCCCCCCCCCCCC(C)C. The molecule has 0 aromatic carbocycles. The van der Waals surface area contributed by atoms with E-state index in [4.69, 9.17) is 37.0 Å². The molecule has 86 heavy (non-hydrogen) atoms. The summed E-state index contributed by atoms with van der Waals surface area (Å²) in [6, 6.07) is 0.